The lowest BCUT2D eigenvalue weighted by molar-refractivity contribution is 0.441. The second kappa shape index (κ2) is 3.68. The lowest BCUT2D eigenvalue weighted by Gasteiger charge is -2.03. The van der Waals surface area contributed by atoms with Gasteiger partial charge in [-0.25, -0.2) is 4.98 Å². The lowest BCUT2D eigenvalue weighted by Crippen LogP contribution is -2.21. The summed E-state index contributed by atoms with van der Waals surface area (Å²) in [6.07, 6.45) is 3.99. The molecule has 2 aromatic rings. The highest BCUT2D eigenvalue weighted by Crippen LogP contribution is 2.41. The second-order valence-electron chi connectivity index (χ2n) is 4.81. The first-order valence-corrected chi connectivity index (χ1v) is 6.02. The number of hydrogen-bond acceptors (Lipinski definition) is 4. The number of aromatic nitrogens is 3. The number of rotatable bonds is 3. The molecule has 1 aliphatic carbocycles. The van der Waals surface area contributed by atoms with Gasteiger partial charge in [0.05, 0.1) is 5.69 Å². The van der Waals surface area contributed by atoms with E-state index in [0.29, 0.717) is 22.7 Å². The molecule has 0 unspecified atom stereocenters. The molecule has 2 aromatic heterocycles. The van der Waals surface area contributed by atoms with E-state index >= 15 is 0 Å². The van der Waals surface area contributed by atoms with Gasteiger partial charge in [0.15, 0.2) is 0 Å². The van der Waals surface area contributed by atoms with Crippen LogP contribution in [0.4, 0.5) is 0 Å². The maximum Gasteiger partial charge on any atom is 0.266 e. The Kier molecular flexibility index (Phi) is 2.28. The molecule has 90 valence electrons. The van der Waals surface area contributed by atoms with Crippen LogP contribution >= 0.6 is 0 Å². The third-order valence-corrected chi connectivity index (χ3v) is 3.66. The van der Waals surface area contributed by atoms with Crippen molar-refractivity contribution in [1.29, 1.82) is 0 Å². The number of hydrogen-bond donors (Lipinski definition) is 0. The van der Waals surface area contributed by atoms with Crippen LogP contribution in [0.5, 0.6) is 0 Å². The Morgan fingerprint density at radius 1 is 1.53 bits per heavy atom. The van der Waals surface area contributed by atoms with E-state index in [1.807, 2.05) is 0 Å². The highest BCUT2D eigenvalue weighted by Gasteiger charge is 2.35. The molecule has 0 saturated heterocycles. The summed E-state index contributed by atoms with van der Waals surface area (Å²) in [4.78, 5) is 16.3. The van der Waals surface area contributed by atoms with Gasteiger partial charge in [0, 0.05) is 6.54 Å². The van der Waals surface area contributed by atoms with Gasteiger partial charge in [-0.15, -0.1) is 0 Å². The summed E-state index contributed by atoms with van der Waals surface area (Å²) in [6.45, 7) is 4.73. The number of nitrogens with zero attached hydrogens (tertiary/aromatic N) is 3. The second-order valence-corrected chi connectivity index (χ2v) is 4.81. The zero-order valence-corrected chi connectivity index (χ0v) is 10.0. The molecule has 2 heterocycles. The standard InChI is InChI=1S/C12H15N3O2/c1-3-8-4-9(8)5-15-6-13-11-10(12(15)16)7(2)14-17-11/h6,8-9H,3-5H2,1-2H3/t8-,9+/m1/s1. The van der Waals surface area contributed by atoms with Crippen LogP contribution in [0.1, 0.15) is 25.5 Å². The predicted octanol–water partition coefficient (Wildman–Crippen LogP) is 1.74. The minimum absolute atomic E-state index is 0.0319. The van der Waals surface area contributed by atoms with Crippen molar-refractivity contribution in [1.82, 2.24) is 14.7 Å². The molecular weight excluding hydrogens is 218 g/mol. The van der Waals surface area contributed by atoms with Crippen LogP contribution in [0.2, 0.25) is 0 Å². The van der Waals surface area contributed by atoms with Crippen LogP contribution in [-0.4, -0.2) is 14.7 Å². The van der Waals surface area contributed by atoms with Crippen LogP contribution in [-0.2, 0) is 6.54 Å². The van der Waals surface area contributed by atoms with E-state index in [0.717, 1.165) is 12.5 Å². The average molecular weight is 233 g/mol. The largest absolute Gasteiger partial charge is 0.335 e. The Bertz CT molecular complexity index is 614. The highest BCUT2D eigenvalue weighted by molar-refractivity contribution is 5.73. The Balaban J connectivity index is 1.97. The minimum atomic E-state index is -0.0319. The van der Waals surface area contributed by atoms with Gasteiger partial charge in [0.1, 0.15) is 11.7 Å². The van der Waals surface area contributed by atoms with Gasteiger partial charge in [-0.2, -0.15) is 0 Å². The summed E-state index contributed by atoms with van der Waals surface area (Å²) < 4.78 is 6.66. The van der Waals surface area contributed by atoms with Gasteiger partial charge < -0.3 is 4.52 Å². The summed E-state index contributed by atoms with van der Waals surface area (Å²) in [7, 11) is 0. The Hall–Kier alpha value is -1.65. The molecule has 1 fully saturated rings. The fourth-order valence-corrected chi connectivity index (χ4v) is 2.43. The SMILES string of the molecule is CC[C@@H]1C[C@H]1Cn1cnc2onc(C)c2c1=O. The molecule has 1 aliphatic rings. The number of aryl methyl sites for hydroxylation is 1. The molecule has 3 rings (SSSR count). The van der Waals surface area contributed by atoms with E-state index in [1.54, 1.807) is 17.8 Å². The van der Waals surface area contributed by atoms with Crippen LogP contribution in [0, 0.1) is 18.8 Å². The number of fused-ring (bicyclic) bond motifs is 1. The monoisotopic (exact) mass is 233 g/mol. The third-order valence-electron chi connectivity index (χ3n) is 3.66. The van der Waals surface area contributed by atoms with E-state index < -0.39 is 0 Å². The molecule has 0 aromatic carbocycles. The van der Waals surface area contributed by atoms with Crippen LogP contribution < -0.4 is 5.56 Å². The fourth-order valence-electron chi connectivity index (χ4n) is 2.43. The quantitative estimate of drug-likeness (QED) is 0.810. The molecule has 0 bridgehead atoms. The summed E-state index contributed by atoms with van der Waals surface area (Å²) >= 11 is 0. The molecule has 0 N–H and O–H groups in total. The van der Waals surface area contributed by atoms with Crippen molar-refractivity contribution in [2.75, 3.05) is 0 Å². The zero-order valence-electron chi connectivity index (χ0n) is 10.0. The van der Waals surface area contributed by atoms with E-state index in [9.17, 15) is 4.79 Å². The molecule has 0 amide bonds. The summed E-state index contributed by atoms with van der Waals surface area (Å²) in [6, 6.07) is 0. The van der Waals surface area contributed by atoms with Gasteiger partial charge in [-0.3, -0.25) is 9.36 Å². The van der Waals surface area contributed by atoms with Crippen molar-refractivity contribution in [3.8, 4) is 0 Å². The molecule has 1 saturated carbocycles. The van der Waals surface area contributed by atoms with E-state index in [2.05, 4.69) is 17.1 Å². The normalized spacial score (nSPS) is 23.2. The predicted molar refractivity (Wildman–Crippen MR) is 62.7 cm³/mol. The Labute approximate surface area is 98.4 Å². The Morgan fingerprint density at radius 2 is 2.35 bits per heavy atom. The summed E-state index contributed by atoms with van der Waals surface area (Å²) in [5, 5.41) is 4.29. The molecule has 5 heteroatoms. The average Bonchev–Trinajstić information content (AvgIpc) is 2.97. The molecule has 17 heavy (non-hydrogen) atoms. The molecular formula is C12H15N3O2. The Morgan fingerprint density at radius 3 is 3.06 bits per heavy atom. The van der Waals surface area contributed by atoms with Crippen LogP contribution in [0.15, 0.2) is 15.6 Å². The lowest BCUT2D eigenvalue weighted by atomic mass is 10.2. The van der Waals surface area contributed by atoms with Gasteiger partial charge in [0.2, 0.25) is 0 Å². The first-order valence-electron chi connectivity index (χ1n) is 6.02. The summed E-state index contributed by atoms with van der Waals surface area (Å²) in [5.41, 5.74) is 0.928. The van der Waals surface area contributed by atoms with Crippen molar-refractivity contribution in [3.05, 3.63) is 22.4 Å². The smallest absolute Gasteiger partial charge is 0.266 e. The maximum absolute atomic E-state index is 12.2. The summed E-state index contributed by atoms with van der Waals surface area (Å²) in [5.74, 6) is 1.42. The van der Waals surface area contributed by atoms with Gasteiger partial charge in [0.25, 0.3) is 11.3 Å². The van der Waals surface area contributed by atoms with Crippen molar-refractivity contribution in [3.63, 3.8) is 0 Å². The first kappa shape index (κ1) is 10.5. The highest BCUT2D eigenvalue weighted by atomic mass is 16.5. The van der Waals surface area contributed by atoms with Crippen molar-refractivity contribution < 1.29 is 4.52 Å². The third kappa shape index (κ3) is 1.66. The van der Waals surface area contributed by atoms with Crippen LogP contribution in [0.3, 0.4) is 0 Å². The molecule has 0 aliphatic heterocycles. The van der Waals surface area contributed by atoms with Crippen molar-refractivity contribution in [2.24, 2.45) is 11.8 Å². The van der Waals surface area contributed by atoms with Gasteiger partial charge >= 0.3 is 0 Å². The van der Waals surface area contributed by atoms with Crippen molar-refractivity contribution >= 4 is 11.1 Å². The minimum Gasteiger partial charge on any atom is -0.335 e. The topological polar surface area (TPSA) is 60.9 Å². The molecule has 2 atom stereocenters. The molecule has 0 radical (unpaired) electrons. The van der Waals surface area contributed by atoms with E-state index in [1.165, 1.54) is 12.8 Å². The fraction of sp³-hybridized carbons (Fsp3) is 0.583. The van der Waals surface area contributed by atoms with E-state index in [-0.39, 0.29) is 5.56 Å². The van der Waals surface area contributed by atoms with Gasteiger partial charge in [-0.05, 0) is 25.2 Å². The van der Waals surface area contributed by atoms with Crippen LogP contribution in [0.25, 0.3) is 11.1 Å². The van der Waals surface area contributed by atoms with Crippen molar-refractivity contribution in [2.45, 2.75) is 33.2 Å². The van der Waals surface area contributed by atoms with E-state index in [4.69, 9.17) is 4.52 Å². The van der Waals surface area contributed by atoms with Gasteiger partial charge in [-0.1, -0.05) is 18.5 Å². The maximum atomic E-state index is 12.2. The first-order chi connectivity index (χ1) is 8.20. The molecule has 0 spiro atoms. The zero-order chi connectivity index (χ0) is 12.0. The molecule has 5 nitrogen and oxygen atoms in total.